The van der Waals surface area contributed by atoms with Gasteiger partial charge in [-0.2, -0.15) is 5.26 Å². The third kappa shape index (κ3) is 1.79. The Kier molecular flexibility index (Phi) is 2.57. The van der Waals surface area contributed by atoms with Crippen LogP contribution >= 0.6 is 0 Å². The third-order valence-corrected chi connectivity index (χ3v) is 4.06. The van der Waals surface area contributed by atoms with Crippen LogP contribution in [-0.4, -0.2) is 14.5 Å². The number of nitrogen functional groups attached to an aromatic ring is 2. The van der Waals surface area contributed by atoms with E-state index in [1.165, 1.54) is 6.33 Å². The molecule has 0 unspecified atom stereocenters. The van der Waals surface area contributed by atoms with Gasteiger partial charge in [-0.3, -0.25) is 0 Å². The van der Waals surface area contributed by atoms with E-state index in [1.807, 2.05) is 6.07 Å². The molecule has 2 heterocycles. The summed E-state index contributed by atoms with van der Waals surface area (Å²) in [6, 6.07) is 8.02. The fourth-order valence-electron chi connectivity index (χ4n) is 2.78. The molecule has 0 amide bonds. The van der Waals surface area contributed by atoms with Gasteiger partial charge < -0.3 is 16.0 Å². The molecule has 22 heavy (non-hydrogen) atoms. The molecule has 1 aliphatic carbocycles. The highest BCUT2D eigenvalue weighted by molar-refractivity contribution is 6.01. The van der Waals surface area contributed by atoms with Gasteiger partial charge in [-0.25, -0.2) is 9.97 Å². The minimum absolute atomic E-state index is 0.453. The van der Waals surface area contributed by atoms with Crippen LogP contribution < -0.4 is 11.5 Å². The van der Waals surface area contributed by atoms with Crippen molar-refractivity contribution in [3.8, 4) is 17.2 Å². The maximum absolute atomic E-state index is 9.18. The Labute approximate surface area is 127 Å². The van der Waals surface area contributed by atoms with Crippen LogP contribution in [0.4, 0.5) is 11.5 Å². The van der Waals surface area contributed by atoms with Crippen molar-refractivity contribution >= 4 is 22.5 Å². The zero-order valence-electron chi connectivity index (χ0n) is 11.8. The van der Waals surface area contributed by atoms with Crippen LogP contribution in [0.15, 0.2) is 30.7 Å². The molecule has 4 N–H and O–H groups in total. The Hall–Kier alpha value is -3.07. The Morgan fingerprint density at radius 3 is 2.77 bits per heavy atom. The Bertz CT molecular complexity index is 930. The number of nitrogens with two attached hydrogens (primary N) is 2. The summed E-state index contributed by atoms with van der Waals surface area (Å²) in [5.74, 6) is 0.453. The maximum atomic E-state index is 9.18. The summed E-state index contributed by atoms with van der Waals surface area (Å²) < 4.78 is 2.16. The van der Waals surface area contributed by atoms with Gasteiger partial charge in [-0.1, -0.05) is 6.07 Å². The van der Waals surface area contributed by atoms with Gasteiger partial charge in [-0.05, 0) is 30.5 Å². The number of fused-ring (bicyclic) bond motifs is 1. The number of benzene rings is 1. The summed E-state index contributed by atoms with van der Waals surface area (Å²) in [5.41, 5.74) is 15.5. The van der Waals surface area contributed by atoms with Gasteiger partial charge in [0, 0.05) is 23.5 Å². The highest BCUT2D eigenvalue weighted by Crippen LogP contribution is 2.42. The number of nitrogens with zero attached hydrogens (tertiary/aromatic N) is 4. The van der Waals surface area contributed by atoms with Crippen molar-refractivity contribution in [2.75, 3.05) is 11.5 Å². The van der Waals surface area contributed by atoms with Crippen LogP contribution in [0.3, 0.4) is 0 Å². The number of anilines is 2. The van der Waals surface area contributed by atoms with E-state index in [9.17, 15) is 5.26 Å². The molecule has 0 aliphatic heterocycles. The van der Waals surface area contributed by atoms with Crippen LogP contribution in [0.25, 0.3) is 22.2 Å². The first-order valence-electron chi connectivity index (χ1n) is 7.10. The van der Waals surface area contributed by atoms with E-state index in [2.05, 4.69) is 26.8 Å². The monoisotopic (exact) mass is 290 g/mol. The molecule has 6 heteroatoms. The molecule has 6 nitrogen and oxygen atoms in total. The fraction of sp³-hybridized carbons (Fsp3) is 0.188. The molecular weight excluding hydrogens is 276 g/mol. The quantitative estimate of drug-likeness (QED) is 0.705. The van der Waals surface area contributed by atoms with Gasteiger partial charge in [-0.15, -0.1) is 0 Å². The van der Waals surface area contributed by atoms with Gasteiger partial charge >= 0.3 is 0 Å². The number of nitriles is 1. The van der Waals surface area contributed by atoms with Crippen molar-refractivity contribution in [1.82, 2.24) is 14.5 Å². The van der Waals surface area contributed by atoms with Gasteiger partial charge in [0.05, 0.1) is 10.9 Å². The topological polar surface area (TPSA) is 107 Å². The predicted octanol–water partition coefficient (Wildman–Crippen LogP) is 2.47. The minimum atomic E-state index is 0.453. The molecular formula is C16H14N6. The van der Waals surface area contributed by atoms with Crippen LogP contribution in [0.5, 0.6) is 0 Å². The smallest absolute Gasteiger partial charge is 0.146 e. The van der Waals surface area contributed by atoms with Gasteiger partial charge in [0.15, 0.2) is 0 Å². The first kappa shape index (κ1) is 12.7. The summed E-state index contributed by atoms with van der Waals surface area (Å²) in [6.45, 7) is 0. The summed E-state index contributed by atoms with van der Waals surface area (Å²) >= 11 is 0. The zero-order valence-corrected chi connectivity index (χ0v) is 11.8. The third-order valence-electron chi connectivity index (χ3n) is 4.06. The van der Waals surface area contributed by atoms with E-state index in [-0.39, 0.29) is 0 Å². The second-order valence-electron chi connectivity index (χ2n) is 5.55. The molecule has 4 rings (SSSR count). The fourth-order valence-corrected chi connectivity index (χ4v) is 2.78. The summed E-state index contributed by atoms with van der Waals surface area (Å²) in [7, 11) is 0. The molecule has 0 bridgehead atoms. The summed E-state index contributed by atoms with van der Waals surface area (Å²) in [5, 5.41) is 10.0. The minimum Gasteiger partial charge on any atom is -0.398 e. The van der Waals surface area contributed by atoms with E-state index in [4.69, 9.17) is 11.5 Å². The molecule has 1 aromatic carbocycles. The molecule has 1 aliphatic rings. The molecule has 1 saturated carbocycles. The maximum Gasteiger partial charge on any atom is 0.146 e. The van der Waals surface area contributed by atoms with Crippen molar-refractivity contribution in [2.24, 2.45) is 0 Å². The molecule has 108 valence electrons. The average molecular weight is 290 g/mol. The summed E-state index contributed by atoms with van der Waals surface area (Å²) in [4.78, 5) is 8.50. The van der Waals surface area contributed by atoms with Crippen LogP contribution in [0.2, 0.25) is 0 Å². The van der Waals surface area contributed by atoms with Crippen molar-refractivity contribution in [1.29, 1.82) is 5.26 Å². The first-order chi connectivity index (χ1) is 10.7. The van der Waals surface area contributed by atoms with Crippen molar-refractivity contribution < 1.29 is 0 Å². The molecule has 0 atom stereocenters. The van der Waals surface area contributed by atoms with Crippen molar-refractivity contribution in [3.63, 3.8) is 0 Å². The molecule has 0 spiro atoms. The first-order valence-corrected chi connectivity index (χ1v) is 7.10. The number of hydrogen-bond donors (Lipinski definition) is 2. The lowest BCUT2D eigenvalue weighted by atomic mass is 10.0. The standard InChI is InChI=1S/C16H14N6/c17-6-10-5-9(1-4-13(10)18)12-7-22(11-2-3-11)16-14(12)15(19)20-8-21-16/h1,4-5,7-8,11H,2-3,18H2,(H2,19,20,21). The van der Waals surface area contributed by atoms with E-state index in [0.29, 0.717) is 23.1 Å². The second-order valence-corrected chi connectivity index (χ2v) is 5.55. The van der Waals surface area contributed by atoms with Gasteiger partial charge in [0.2, 0.25) is 0 Å². The second kappa shape index (κ2) is 4.46. The van der Waals surface area contributed by atoms with Gasteiger partial charge in [0.1, 0.15) is 23.9 Å². The number of hydrogen-bond acceptors (Lipinski definition) is 5. The van der Waals surface area contributed by atoms with Crippen LogP contribution in [0.1, 0.15) is 24.4 Å². The molecule has 3 aromatic rings. The normalized spacial score (nSPS) is 14.1. The average Bonchev–Trinajstić information content (AvgIpc) is 3.29. The van der Waals surface area contributed by atoms with Crippen LogP contribution in [0, 0.1) is 11.3 Å². The SMILES string of the molecule is N#Cc1cc(-c2cn(C3CC3)c3ncnc(N)c23)ccc1N. The Morgan fingerprint density at radius 2 is 2.05 bits per heavy atom. The molecule has 2 aromatic heterocycles. The van der Waals surface area contributed by atoms with Crippen molar-refractivity contribution in [3.05, 3.63) is 36.3 Å². The Morgan fingerprint density at radius 1 is 1.23 bits per heavy atom. The zero-order chi connectivity index (χ0) is 15.3. The summed E-state index contributed by atoms with van der Waals surface area (Å²) in [6.07, 6.45) is 5.85. The van der Waals surface area contributed by atoms with E-state index < -0.39 is 0 Å². The van der Waals surface area contributed by atoms with E-state index in [0.717, 1.165) is 35.0 Å². The number of aromatic nitrogens is 3. The largest absolute Gasteiger partial charge is 0.398 e. The predicted molar refractivity (Wildman–Crippen MR) is 84.8 cm³/mol. The molecule has 1 fully saturated rings. The molecule has 0 radical (unpaired) electrons. The molecule has 0 saturated heterocycles. The Balaban J connectivity index is 2.01. The van der Waals surface area contributed by atoms with Crippen molar-refractivity contribution in [2.45, 2.75) is 18.9 Å². The number of rotatable bonds is 2. The lowest BCUT2D eigenvalue weighted by Crippen LogP contribution is -1.96. The van der Waals surface area contributed by atoms with Crippen LogP contribution in [-0.2, 0) is 0 Å². The lowest BCUT2D eigenvalue weighted by molar-refractivity contribution is 0.766. The van der Waals surface area contributed by atoms with E-state index in [1.54, 1.807) is 12.1 Å². The highest BCUT2D eigenvalue weighted by atomic mass is 15.1. The lowest BCUT2D eigenvalue weighted by Gasteiger charge is -2.03. The van der Waals surface area contributed by atoms with Gasteiger partial charge in [0.25, 0.3) is 0 Å². The highest BCUT2D eigenvalue weighted by Gasteiger charge is 2.27. The van der Waals surface area contributed by atoms with E-state index >= 15 is 0 Å².